The Morgan fingerprint density at radius 1 is 1.25 bits per heavy atom. The molecule has 0 spiro atoms. The van der Waals surface area contributed by atoms with E-state index in [9.17, 15) is 5.11 Å². The number of nitrogens with two attached hydrogens (primary N) is 1. The van der Waals surface area contributed by atoms with Gasteiger partial charge in [0.2, 0.25) is 0 Å². The molecule has 2 unspecified atom stereocenters. The molecule has 0 aromatic heterocycles. The van der Waals surface area contributed by atoms with E-state index >= 15 is 0 Å². The molecule has 1 aliphatic carbocycles. The lowest BCUT2D eigenvalue weighted by atomic mass is 9.57. The molecule has 1 heterocycles. The van der Waals surface area contributed by atoms with Gasteiger partial charge in [-0.05, 0) is 31.6 Å². The molecular weight excluding hydrogens is 202 g/mol. The zero-order valence-electron chi connectivity index (χ0n) is 10.4. The minimum absolute atomic E-state index is 0.0922. The molecule has 1 saturated heterocycles. The summed E-state index contributed by atoms with van der Waals surface area (Å²) in [6.45, 7) is 4.29. The van der Waals surface area contributed by atoms with Gasteiger partial charge < -0.3 is 15.6 Å². The summed E-state index contributed by atoms with van der Waals surface area (Å²) in [5, 5.41) is 11.1. The molecule has 3 N–H and O–H groups in total. The SMILES string of the molecule is CC1CCCCC1(O)C1(CN)CCOCC1. The first-order chi connectivity index (χ1) is 7.65. The van der Waals surface area contributed by atoms with Crippen LogP contribution in [0.1, 0.15) is 45.4 Å². The Morgan fingerprint density at radius 3 is 2.50 bits per heavy atom. The van der Waals surface area contributed by atoms with Crippen molar-refractivity contribution in [2.75, 3.05) is 19.8 Å². The van der Waals surface area contributed by atoms with Gasteiger partial charge in [0.1, 0.15) is 0 Å². The first-order valence-electron chi connectivity index (χ1n) is 6.65. The minimum atomic E-state index is -0.552. The maximum atomic E-state index is 11.1. The highest BCUT2D eigenvalue weighted by Gasteiger charge is 2.53. The molecular formula is C13H25NO2. The lowest BCUT2D eigenvalue weighted by Crippen LogP contribution is -2.59. The third kappa shape index (κ3) is 1.79. The maximum Gasteiger partial charge on any atom is 0.0742 e. The second-order valence-electron chi connectivity index (χ2n) is 5.67. The van der Waals surface area contributed by atoms with Gasteiger partial charge in [-0.1, -0.05) is 19.8 Å². The van der Waals surface area contributed by atoms with Crippen LogP contribution in [0.2, 0.25) is 0 Å². The van der Waals surface area contributed by atoms with Crippen molar-refractivity contribution in [3.63, 3.8) is 0 Å². The van der Waals surface area contributed by atoms with Crippen molar-refractivity contribution in [3.8, 4) is 0 Å². The van der Waals surface area contributed by atoms with E-state index in [-0.39, 0.29) is 5.41 Å². The fourth-order valence-electron chi connectivity index (χ4n) is 3.69. The summed E-state index contributed by atoms with van der Waals surface area (Å²) < 4.78 is 5.43. The smallest absolute Gasteiger partial charge is 0.0742 e. The molecule has 16 heavy (non-hydrogen) atoms. The van der Waals surface area contributed by atoms with Gasteiger partial charge in [-0.2, -0.15) is 0 Å². The van der Waals surface area contributed by atoms with Crippen molar-refractivity contribution in [1.29, 1.82) is 0 Å². The van der Waals surface area contributed by atoms with Crippen molar-refractivity contribution in [1.82, 2.24) is 0 Å². The molecule has 0 bridgehead atoms. The van der Waals surface area contributed by atoms with E-state index in [2.05, 4.69) is 6.92 Å². The normalized spacial score (nSPS) is 39.6. The lowest BCUT2D eigenvalue weighted by molar-refractivity contribution is -0.172. The molecule has 0 aromatic carbocycles. The lowest BCUT2D eigenvalue weighted by Gasteiger charge is -2.54. The third-order valence-corrected chi connectivity index (χ3v) is 5.02. The summed E-state index contributed by atoms with van der Waals surface area (Å²) in [6.07, 6.45) is 6.29. The van der Waals surface area contributed by atoms with Gasteiger partial charge in [-0.3, -0.25) is 0 Å². The topological polar surface area (TPSA) is 55.5 Å². The number of hydrogen-bond donors (Lipinski definition) is 2. The maximum absolute atomic E-state index is 11.1. The molecule has 1 saturated carbocycles. The summed E-state index contributed by atoms with van der Waals surface area (Å²) in [6, 6.07) is 0. The first-order valence-corrected chi connectivity index (χ1v) is 6.65. The van der Waals surface area contributed by atoms with Crippen molar-refractivity contribution >= 4 is 0 Å². The van der Waals surface area contributed by atoms with E-state index in [1.165, 1.54) is 6.42 Å². The minimum Gasteiger partial charge on any atom is -0.389 e. The van der Waals surface area contributed by atoms with E-state index in [4.69, 9.17) is 10.5 Å². The van der Waals surface area contributed by atoms with Crippen LogP contribution < -0.4 is 5.73 Å². The van der Waals surface area contributed by atoms with Crippen molar-refractivity contribution < 1.29 is 9.84 Å². The largest absolute Gasteiger partial charge is 0.389 e. The van der Waals surface area contributed by atoms with Crippen LogP contribution in [0.3, 0.4) is 0 Å². The van der Waals surface area contributed by atoms with Crippen LogP contribution in [0.4, 0.5) is 0 Å². The first kappa shape index (κ1) is 12.3. The van der Waals surface area contributed by atoms with E-state index in [0.29, 0.717) is 12.5 Å². The standard InChI is InChI=1S/C13H25NO2/c1-11-4-2-3-5-13(11,15)12(10-14)6-8-16-9-7-12/h11,15H,2-10,14H2,1H3. The fraction of sp³-hybridized carbons (Fsp3) is 1.00. The van der Waals surface area contributed by atoms with Crippen LogP contribution in [-0.2, 0) is 4.74 Å². The van der Waals surface area contributed by atoms with Crippen LogP contribution in [-0.4, -0.2) is 30.5 Å². The molecule has 0 aromatic rings. The van der Waals surface area contributed by atoms with E-state index in [1.807, 2.05) is 0 Å². The molecule has 0 amide bonds. The summed E-state index contributed by atoms with van der Waals surface area (Å²) in [4.78, 5) is 0. The Morgan fingerprint density at radius 2 is 1.94 bits per heavy atom. The monoisotopic (exact) mass is 227 g/mol. The molecule has 94 valence electrons. The number of aliphatic hydroxyl groups is 1. The number of ether oxygens (including phenoxy) is 1. The van der Waals surface area contributed by atoms with E-state index < -0.39 is 5.60 Å². The Balaban J connectivity index is 2.23. The highest BCUT2D eigenvalue weighted by Crippen LogP contribution is 2.50. The summed E-state index contributed by atoms with van der Waals surface area (Å²) >= 11 is 0. The van der Waals surface area contributed by atoms with E-state index in [0.717, 1.165) is 45.3 Å². The predicted molar refractivity (Wildman–Crippen MR) is 64.1 cm³/mol. The molecule has 1 aliphatic heterocycles. The zero-order valence-corrected chi connectivity index (χ0v) is 10.4. The quantitative estimate of drug-likeness (QED) is 0.754. The molecule has 2 rings (SSSR count). The van der Waals surface area contributed by atoms with Crippen LogP contribution in [0.25, 0.3) is 0 Å². The molecule has 3 nitrogen and oxygen atoms in total. The van der Waals surface area contributed by atoms with Crippen LogP contribution in [0, 0.1) is 11.3 Å². The molecule has 2 atom stereocenters. The molecule has 2 aliphatic rings. The van der Waals surface area contributed by atoms with Gasteiger partial charge in [0.05, 0.1) is 5.60 Å². The van der Waals surface area contributed by atoms with Gasteiger partial charge in [-0.25, -0.2) is 0 Å². The third-order valence-electron chi connectivity index (χ3n) is 5.02. The fourth-order valence-corrected chi connectivity index (χ4v) is 3.69. The summed E-state index contributed by atoms with van der Waals surface area (Å²) in [5.74, 6) is 0.378. The van der Waals surface area contributed by atoms with Crippen molar-refractivity contribution in [3.05, 3.63) is 0 Å². The summed E-state index contributed by atoms with van der Waals surface area (Å²) in [7, 11) is 0. The Labute approximate surface area is 98.4 Å². The van der Waals surface area contributed by atoms with E-state index in [1.54, 1.807) is 0 Å². The molecule has 3 heteroatoms. The van der Waals surface area contributed by atoms with Crippen LogP contribution in [0.5, 0.6) is 0 Å². The average Bonchev–Trinajstić information content (AvgIpc) is 2.34. The second-order valence-corrected chi connectivity index (χ2v) is 5.67. The van der Waals surface area contributed by atoms with Gasteiger partial charge in [-0.15, -0.1) is 0 Å². The van der Waals surface area contributed by atoms with Crippen LogP contribution >= 0.6 is 0 Å². The number of hydrogen-bond acceptors (Lipinski definition) is 3. The van der Waals surface area contributed by atoms with Gasteiger partial charge in [0, 0.05) is 25.2 Å². The van der Waals surface area contributed by atoms with Gasteiger partial charge >= 0.3 is 0 Å². The molecule has 2 fully saturated rings. The number of rotatable bonds is 2. The highest BCUT2D eigenvalue weighted by molar-refractivity contribution is 5.04. The Hall–Kier alpha value is -0.120. The van der Waals surface area contributed by atoms with Gasteiger partial charge in [0.15, 0.2) is 0 Å². The Bertz CT molecular complexity index is 233. The highest BCUT2D eigenvalue weighted by atomic mass is 16.5. The molecule has 0 radical (unpaired) electrons. The predicted octanol–water partition coefficient (Wildman–Crippen LogP) is 1.68. The zero-order chi connectivity index (χ0) is 11.6. The Kier molecular flexibility index (Phi) is 3.57. The second kappa shape index (κ2) is 4.63. The van der Waals surface area contributed by atoms with Gasteiger partial charge in [0.25, 0.3) is 0 Å². The van der Waals surface area contributed by atoms with Crippen molar-refractivity contribution in [2.45, 2.75) is 51.0 Å². The summed E-state index contributed by atoms with van der Waals surface area (Å²) in [5.41, 5.74) is 5.36. The average molecular weight is 227 g/mol. The van der Waals surface area contributed by atoms with Crippen molar-refractivity contribution in [2.24, 2.45) is 17.1 Å². The van der Waals surface area contributed by atoms with Crippen LogP contribution in [0.15, 0.2) is 0 Å².